The number of carbonyl (C=O) groups excluding carboxylic acids is 1. The fourth-order valence-electron chi connectivity index (χ4n) is 4.02. The average molecular weight is 396 g/mol. The van der Waals surface area contributed by atoms with Crippen LogP contribution in [0.25, 0.3) is 0 Å². The van der Waals surface area contributed by atoms with E-state index in [4.69, 9.17) is 9.73 Å². The molecule has 0 N–H and O–H groups in total. The van der Waals surface area contributed by atoms with Crippen LogP contribution >= 0.6 is 0 Å². The molecule has 1 aromatic rings. The number of hydrogen-bond acceptors (Lipinski definition) is 6. The number of rotatable bonds is 6. The van der Waals surface area contributed by atoms with Gasteiger partial charge in [0, 0.05) is 45.2 Å². The lowest BCUT2D eigenvalue weighted by molar-refractivity contribution is -0.132. The van der Waals surface area contributed by atoms with Crippen molar-refractivity contribution in [3.05, 3.63) is 41.7 Å². The van der Waals surface area contributed by atoms with E-state index in [2.05, 4.69) is 27.8 Å². The number of aliphatic imine (C=N–C) groups is 2. The highest BCUT2D eigenvalue weighted by Crippen LogP contribution is 2.21. The average Bonchev–Trinajstić information content (AvgIpc) is 3.20. The van der Waals surface area contributed by atoms with Gasteiger partial charge in [-0.05, 0) is 24.5 Å². The summed E-state index contributed by atoms with van der Waals surface area (Å²) in [5, 5.41) is 0. The third-order valence-corrected chi connectivity index (χ3v) is 5.83. The predicted molar refractivity (Wildman–Crippen MR) is 114 cm³/mol. The van der Waals surface area contributed by atoms with Gasteiger partial charge in [-0.3, -0.25) is 9.79 Å². The van der Waals surface area contributed by atoms with E-state index < -0.39 is 0 Å². The largest absolute Gasteiger partial charge is 0.496 e. The van der Waals surface area contributed by atoms with Crippen LogP contribution in [0.3, 0.4) is 0 Å². The maximum atomic E-state index is 12.7. The van der Waals surface area contributed by atoms with Crippen molar-refractivity contribution in [1.82, 2.24) is 14.7 Å². The number of hydrogen-bond donors (Lipinski definition) is 0. The highest BCUT2D eigenvalue weighted by atomic mass is 16.5. The van der Waals surface area contributed by atoms with Crippen molar-refractivity contribution in [3.63, 3.8) is 0 Å². The van der Waals surface area contributed by atoms with Gasteiger partial charge in [-0.15, -0.1) is 0 Å². The second kappa shape index (κ2) is 8.68. The first-order valence-electron chi connectivity index (χ1n) is 10.4. The summed E-state index contributed by atoms with van der Waals surface area (Å²) < 4.78 is 5.38. The molecule has 0 aromatic heterocycles. The molecule has 0 saturated carbocycles. The highest BCUT2D eigenvalue weighted by molar-refractivity contribution is 6.03. The van der Waals surface area contributed by atoms with Gasteiger partial charge in [-0.25, -0.2) is 4.99 Å². The Labute approximate surface area is 172 Å². The number of aryl methyl sites for hydroxylation is 1. The molecule has 1 amide bonds. The van der Waals surface area contributed by atoms with Crippen LogP contribution in [0.5, 0.6) is 5.75 Å². The summed E-state index contributed by atoms with van der Waals surface area (Å²) in [6.07, 6.45) is 6.23. The number of methoxy groups -OCH3 is 1. The van der Waals surface area contributed by atoms with Crippen LogP contribution in [0.4, 0.5) is 0 Å². The zero-order valence-corrected chi connectivity index (χ0v) is 17.3. The van der Waals surface area contributed by atoms with Gasteiger partial charge in [0.05, 0.1) is 19.5 Å². The van der Waals surface area contributed by atoms with Crippen LogP contribution in [0.15, 0.2) is 46.1 Å². The quantitative estimate of drug-likeness (QED) is 0.741. The lowest BCUT2D eigenvalue weighted by Crippen LogP contribution is -2.48. The van der Waals surface area contributed by atoms with E-state index in [0.29, 0.717) is 18.9 Å². The maximum absolute atomic E-state index is 12.7. The molecule has 1 fully saturated rings. The molecule has 7 nitrogen and oxygen atoms in total. The normalized spacial score (nSPS) is 21.0. The Morgan fingerprint density at radius 1 is 1.21 bits per heavy atom. The van der Waals surface area contributed by atoms with Crippen LogP contribution in [0.1, 0.15) is 25.3 Å². The van der Waals surface area contributed by atoms with E-state index in [9.17, 15) is 4.79 Å². The monoisotopic (exact) mass is 395 g/mol. The molecule has 3 aliphatic rings. The molecule has 1 atom stereocenters. The second-order valence-corrected chi connectivity index (χ2v) is 7.63. The number of ether oxygens (including phenoxy) is 1. The standard InChI is InChI=1S/C22H29N5O2/c1-3-18-15-27-16-23-20(14-21(27)24-18)25-10-12-26(13-11-25)22(28)9-8-17-6-4-5-7-19(17)29-2/h4-7,14,16,18H,3,8-13,15H2,1-2H3/t18-/m0/s1. The number of nitrogens with zero attached hydrogens (tertiary/aromatic N) is 5. The van der Waals surface area contributed by atoms with Gasteiger partial charge in [-0.2, -0.15) is 0 Å². The third-order valence-electron chi connectivity index (χ3n) is 5.83. The fraction of sp³-hybridized carbons (Fsp3) is 0.500. The molecule has 0 bridgehead atoms. The molecule has 0 aliphatic carbocycles. The first kappa shape index (κ1) is 19.5. The molecule has 3 aliphatic heterocycles. The van der Waals surface area contributed by atoms with Gasteiger partial charge in [-0.1, -0.05) is 25.1 Å². The molecule has 3 heterocycles. The van der Waals surface area contributed by atoms with Gasteiger partial charge >= 0.3 is 0 Å². The number of amidine groups is 1. The Morgan fingerprint density at radius 3 is 2.76 bits per heavy atom. The van der Waals surface area contributed by atoms with Crippen molar-refractivity contribution in [2.24, 2.45) is 9.98 Å². The Morgan fingerprint density at radius 2 is 2.00 bits per heavy atom. The minimum absolute atomic E-state index is 0.203. The number of benzene rings is 1. The molecular weight excluding hydrogens is 366 g/mol. The van der Waals surface area contributed by atoms with E-state index in [1.54, 1.807) is 7.11 Å². The topological polar surface area (TPSA) is 60.7 Å². The minimum atomic E-state index is 0.203. The van der Waals surface area contributed by atoms with Crippen molar-refractivity contribution in [2.45, 2.75) is 32.2 Å². The molecule has 4 rings (SSSR count). The first-order chi connectivity index (χ1) is 14.2. The van der Waals surface area contributed by atoms with Crippen molar-refractivity contribution in [2.75, 3.05) is 39.8 Å². The fourth-order valence-corrected chi connectivity index (χ4v) is 4.02. The Kier molecular flexibility index (Phi) is 5.83. The summed E-state index contributed by atoms with van der Waals surface area (Å²) in [4.78, 5) is 28.4. The van der Waals surface area contributed by atoms with Crippen LogP contribution in [-0.4, -0.2) is 78.7 Å². The summed E-state index contributed by atoms with van der Waals surface area (Å²) in [7, 11) is 1.67. The first-order valence-corrected chi connectivity index (χ1v) is 10.4. The molecular formula is C22H29N5O2. The van der Waals surface area contributed by atoms with Crippen LogP contribution < -0.4 is 4.74 Å². The molecule has 0 radical (unpaired) electrons. The summed E-state index contributed by atoms with van der Waals surface area (Å²) >= 11 is 0. The maximum Gasteiger partial charge on any atom is 0.223 e. The number of carbonyl (C=O) groups is 1. The van der Waals surface area contributed by atoms with Gasteiger partial charge in [0.1, 0.15) is 17.4 Å². The molecule has 0 unspecified atom stereocenters. The van der Waals surface area contributed by atoms with Gasteiger partial charge in [0.2, 0.25) is 5.91 Å². The number of amides is 1. The number of piperazine rings is 1. The van der Waals surface area contributed by atoms with Crippen LogP contribution in [-0.2, 0) is 11.2 Å². The Balaban J connectivity index is 1.29. The smallest absolute Gasteiger partial charge is 0.223 e. The molecule has 0 spiro atoms. The Bertz CT molecular complexity index is 839. The summed E-state index contributed by atoms with van der Waals surface area (Å²) in [5.41, 5.74) is 1.08. The Hall–Kier alpha value is -2.83. The van der Waals surface area contributed by atoms with Crippen LogP contribution in [0.2, 0.25) is 0 Å². The molecule has 29 heavy (non-hydrogen) atoms. The lowest BCUT2D eigenvalue weighted by Gasteiger charge is -2.37. The SMILES string of the molecule is CC[C@H]1CN2C=NC(N3CCN(C(=O)CCc4ccccc4OC)CC3)=CC2=N1. The molecule has 7 heteroatoms. The number of para-hydroxylation sites is 1. The van der Waals surface area contributed by atoms with Crippen molar-refractivity contribution in [3.8, 4) is 5.75 Å². The van der Waals surface area contributed by atoms with Gasteiger partial charge in [0.25, 0.3) is 0 Å². The van der Waals surface area contributed by atoms with Crippen molar-refractivity contribution >= 4 is 18.1 Å². The highest BCUT2D eigenvalue weighted by Gasteiger charge is 2.27. The van der Waals surface area contributed by atoms with Crippen LogP contribution in [0, 0.1) is 0 Å². The predicted octanol–water partition coefficient (Wildman–Crippen LogP) is 2.15. The van der Waals surface area contributed by atoms with E-state index in [1.165, 1.54) is 0 Å². The lowest BCUT2D eigenvalue weighted by atomic mass is 10.1. The van der Waals surface area contributed by atoms with E-state index >= 15 is 0 Å². The summed E-state index contributed by atoms with van der Waals surface area (Å²) in [5.74, 6) is 3.02. The third kappa shape index (κ3) is 4.28. The van der Waals surface area contributed by atoms with Crippen molar-refractivity contribution < 1.29 is 9.53 Å². The van der Waals surface area contributed by atoms with E-state index in [1.807, 2.05) is 35.5 Å². The molecule has 154 valence electrons. The van der Waals surface area contributed by atoms with E-state index in [-0.39, 0.29) is 5.91 Å². The van der Waals surface area contributed by atoms with Gasteiger partial charge < -0.3 is 19.4 Å². The second-order valence-electron chi connectivity index (χ2n) is 7.63. The molecule has 1 aromatic carbocycles. The molecule has 1 saturated heterocycles. The number of fused-ring (bicyclic) bond motifs is 1. The zero-order chi connectivity index (χ0) is 20.2. The van der Waals surface area contributed by atoms with Gasteiger partial charge in [0.15, 0.2) is 0 Å². The summed E-state index contributed by atoms with van der Waals surface area (Å²) in [6, 6.07) is 8.26. The zero-order valence-electron chi connectivity index (χ0n) is 17.3. The van der Waals surface area contributed by atoms with E-state index in [0.717, 1.165) is 62.1 Å². The minimum Gasteiger partial charge on any atom is -0.496 e. The van der Waals surface area contributed by atoms with Crippen molar-refractivity contribution in [1.29, 1.82) is 0 Å². The summed E-state index contributed by atoms with van der Waals surface area (Å²) in [6.45, 7) is 6.14.